The summed E-state index contributed by atoms with van der Waals surface area (Å²) in [6, 6.07) is 11.8. The van der Waals surface area contributed by atoms with E-state index in [0.717, 1.165) is 6.07 Å². The van der Waals surface area contributed by atoms with Crippen LogP contribution in [-0.2, 0) is 14.9 Å². The minimum Gasteiger partial charge on any atom is -0.508 e. The average Bonchev–Trinajstić information content (AvgIpc) is 2.62. The van der Waals surface area contributed by atoms with Gasteiger partial charge in [0.1, 0.15) is 11.5 Å². The molecule has 152 valence electrons. The molecule has 10 heteroatoms. The van der Waals surface area contributed by atoms with Gasteiger partial charge in [0.05, 0.1) is 5.02 Å². The Morgan fingerprint density at radius 1 is 0.724 bits per heavy atom. The minimum absolute atomic E-state index is 0.0512. The maximum atomic E-state index is 13.0. The lowest BCUT2D eigenvalue weighted by atomic mass is 9.83. The summed E-state index contributed by atoms with van der Waals surface area (Å²) < 4.78 is 34.0. The van der Waals surface area contributed by atoms with Gasteiger partial charge in [-0.25, -0.2) is 0 Å². The molecule has 1 atom stereocenters. The van der Waals surface area contributed by atoms with Crippen LogP contribution in [0.1, 0.15) is 16.7 Å². The van der Waals surface area contributed by atoms with Crippen molar-refractivity contribution < 1.29 is 23.2 Å². The standard InChI is InChI=1S/C19H12Cl4O5S/c20-13-4-2-1-3-11(13)19(29(26,27)28,12-6-5-10(24)9-16(12)23)17-14(21)7-8-15(22)18(17)25/h1-9,24-25H,(H,26,27,28). The van der Waals surface area contributed by atoms with Gasteiger partial charge in [-0.1, -0.05) is 70.7 Å². The topological polar surface area (TPSA) is 94.8 Å². The van der Waals surface area contributed by atoms with Crippen molar-refractivity contribution in [2.75, 3.05) is 0 Å². The first-order chi connectivity index (χ1) is 13.5. The molecule has 0 aliphatic carbocycles. The zero-order valence-electron chi connectivity index (χ0n) is 14.3. The van der Waals surface area contributed by atoms with Crippen LogP contribution in [0, 0.1) is 0 Å². The summed E-state index contributed by atoms with van der Waals surface area (Å²) in [4.78, 5) is 0. The van der Waals surface area contributed by atoms with E-state index in [1.54, 1.807) is 6.07 Å². The van der Waals surface area contributed by atoms with E-state index in [4.69, 9.17) is 46.4 Å². The van der Waals surface area contributed by atoms with Gasteiger partial charge in [0.15, 0.2) is 4.75 Å². The Kier molecular flexibility index (Phi) is 5.98. The van der Waals surface area contributed by atoms with Crippen molar-refractivity contribution in [3.8, 4) is 11.5 Å². The van der Waals surface area contributed by atoms with Crippen LogP contribution in [0.4, 0.5) is 0 Å². The Morgan fingerprint density at radius 2 is 1.31 bits per heavy atom. The zero-order chi connectivity index (χ0) is 21.6. The van der Waals surface area contributed by atoms with E-state index in [1.807, 2.05) is 0 Å². The Balaban J connectivity index is 2.68. The van der Waals surface area contributed by atoms with Crippen LogP contribution in [0.3, 0.4) is 0 Å². The van der Waals surface area contributed by atoms with Crippen molar-refractivity contribution in [1.82, 2.24) is 0 Å². The highest BCUT2D eigenvalue weighted by molar-refractivity contribution is 7.87. The van der Waals surface area contributed by atoms with Crippen molar-refractivity contribution in [1.29, 1.82) is 0 Å². The molecule has 5 nitrogen and oxygen atoms in total. The number of rotatable bonds is 4. The molecule has 0 heterocycles. The molecule has 0 aromatic heterocycles. The number of halogens is 4. The first-order valence-corrected chi connectivity index (χ1v) is 10.9. The lowest BCUT2D eigenvalue weighted by Gasteiger charge is -2.35. The van der Waals surface area contributed by atoms with Gasteiger partial charge in [0.2, 0.25) is 0 Å². The Labute approximate surface area is 186 Å². The third kappa shape index (κ3) is 3.54. The Morgan fingerprint density at radius 3 is 1.90 bits per heavy atom. The monoisotopic (exact) mass is 492 g/mol. The highest BCUT2D eigenvalue weighted by atomic mass is 35.5. The number of phenolic OH excluding ortho intramolecular Hbond substituents is 2. The second-order valence-corrected chi connectivity index (χ2v) is 9.24. The van der Waals surface area contributed by atoms with Crippen LogP contribution in [0.5, 0.6) is 11.5 Å². The second-order valence-electron chi connectivity index (χ2n) is 6.05. The molecule has 0 saturated heterocycles. The van der Waals surface area contributed by atoms with E-state index in [-0.39, 0.29) is 37.0 Å². The molecule has 0 bridgehead atoms. The van der Waals surface area contributed by atoms with Crippen LogP contribution in [0.15, 0.2) is 54.6 Å². The van der Waals surface area contributed by atoms with Crippen LogP contribution in [-0.4, -0.2) is 23.2 Å². The SMILES string of the molecule is O=S(=O)(O)C(c1ccccc1Cl)(c1ccc(O)cc1Cl)c1c(Cl)ccc(Cl)c1O. The third-order valence-corrected chi connectivity index (χ3v) is 7.08. The molecule has 0 amide bonds. The summed E-state index contributed by atoms with van der Waals surface area (Å²) in [5, 5.41) is 19.7. The van der Waals surface area contributed by atoms with Gasteiger partial charge in [0.25, 0.3) is 10.1 Å². The zero-order valence-corrected chi connectivity index (χ0v) is 18.1. The van der Waals surface area contributed by atoms with Gasteiger partial charge in [-0.05, 0) is 30.3 Å². The van der Waals surface area contributed by atoms with E-state index in [9.17, 15) is 23.2 Å². The first kappa shape index (κ1) is 22.0. The number of phenols is 2. The normalized spacial score (nSPS) is 13.8. The van der Waals surface area contributed by atoms with Gasteiger partial charge in [-0.15, -0.1) is 0 Å². The highest BCUT2D eigenvalue weighted by Gasteiger charge is 2.53. The quantitative estimate of drug-likeness (QED) is 0.311. The van der Waals surface area contributed by atoms with Gasteiger partial charge >= 0.3 is 0 Å². The second kappa shape index (κ2) is 7.87. The van der Waals surface area contributed by atoms with E-state index >= 15 is 0 Å². The molecule has 3 rings (SSSR count). The van der Waals surface area contributed by atoms with Crippen molar-refractivity contribution in [3.05, 3.63) is 91.4 Å². The molecule has 3 N–H and O–H groups in total. The molecular formula is C19H12Cl4O5S. The van der Waals surface area contributed by atoms with Gasteiger partial charge in [-0.2, -0.15) is 8.42 Å². The van der Waals surface area contributed by atoms with E-state index < -0.39 is 26.2 Å². The molecule has 0 aliphatic rings. The largest absolute Gasteiger partial charge is 0.508 e. The van der Waals surface area contributed by atoms with Gasteiger partial charge in [-0.3, -0.25) is 4.55 Å². The summed E-state index contributed by atoms with van der Waals surface area (Å²) in [7, 11) is -5.16. The molecule has 1 unspecified atom stereocenters. The van der Waals surface area contributed by atoms with Gasteiger partial charge in [0, 0.05) is 31.8 Å². The predicted octanol–water partition coefficient (Wildman–Crippen LogP) is 5.89. The lowest BCUT2D eigenvalue weighted by molar-refractivity contribution is 0.440. The number of hydrogen-bond acceptors (Lipinski definition) is 4. The van der Waals surface area contributed by atoms with Crippen LogP contribution in [0.25, 0.3) is 0 Å². The van der Waals surface area contributed by atoms with Crippen molar-refractivity contribution in [2.45, 2.75) is 4.75 Å². The number of hydrogen-bond donors (Lipinski definition) is 3. The lowest BCUT2D eigenvalue weighted by Crippen LogP contribution is -2.39. The van der Waals surface area contributed by atoms with Crippen LogP contribution >= 0.6 is 46.4 Å². The fourth-order valence-electron chi connectivity index (χ4n) is 3.23. The summed E-state index contributed by atoms with van der Waals surface area (Å²) in [6.07, 6.45) is 0. The van der Waals surface area contributed by atoms with E-state index in [1.165, 1.54) is 42.5 Å². The van der Waals surface area contributed by atoms with E-state index in [2.05, 4.69) is 0 Å². The molecule has 3 aromatic carbocycles. The maximum absolute atomic E-state index is 13.0. The fourth-order valence-corrected chi connectivity index (χ4v) is 5.82. The molecule has 0 saturated carbocycles. The molecule has 3 aromatic rings. The molecule has 0 radical (unpaired) electrons. The summed E-state index contributed by atoms with van der Waals surface area (Å²) in [5.74, 6) is -0.926. The Bertz CT molecular complexity index is 1210. The van der Waals surface area contributed by atoms with Gasteiger partial charge < -0.3 is 10.2 Å². The average molecular weight is 494 g/mol. The predicted molar refractivity (Wildman–Crippen MR) is 114 cm³/mol. The molecule has 0 fully saturated rings. The van der Waals surface area contributed by atoms with Crippen LogP contribution in [0.2, 0.25) is 20.1 Å². The molecular weight excluding hydrogens is 482 g/mol. The summed E-state index contributed by atoms with van der Waals surface area (Å²) >= 11 is 24.9. The smallest absolute Gasteiger partial charge is 0.283 e. The first-order valence-electron chi connectivity index (χ1n) is 7.90. The third-order valence-electron chi connectivity index (χ3n) is 4.40. The minimum atomic E-state index is -5.16. The molecule has 0 spiro atoms. The number of benzene rings is 3. The Hall–Kier alpha value is -1.67. The number of aromatic hydroxyl groups is 2. The van der Waals surface area contributed by atoms with Crippen molar-refractivity contribution >= 4 is 56.5 Å². The fraction of sp³-hybridized carbons (Fsp3) is 0.0526. The molecule has 0 aliphatic heterocycles. The maximum Gasteiger partial charge on any atom is 0.283 e. The highest BCUT2D eigenvalue weighted by Crippen LogP contribution is 2.54. The molecule has 29 heavy (non-hydrogen) atoms. The van der Waals surface area contributed by atoms with Crippen molar-refractivity contribution in [2.24, 2.45) is 0 Å². The summed E-state index contributed by atoms with van der Waals surface area (Å²) in [6.45, 7) is 0. The van der Waals surface area contributed by atoms with Crippen molar-refractivity contribution in [3.63, 3.8) is 0 Å². The summed E-state index contributed by atoms with van der Waals surface area (Å²) in [5.41, 5.74) is -0.766. The van der Waals surface area contributed by atoms with E-state index in [0.29, 0.717) is 0 Å². The van der Waals surface area contributed by atoms with Crippen LogP contribution < -0.4 is 0 Å².